The first-order chi connectivity index (χ1) is 12.0. The van der Waals surface area contributed by atoms with Crippen LogP contribution in [0.5, 0.6) is 0 Å². The molecular weight excluding hydrogens is 343 g/mol. The van der Waals surface area contributed by atoms with Crippen LogP contribution in [-0.2, 0) is 16.0 Å². The molecule has 134 valence electrons. The van der Waals surface area contributed by atoms with E-state index in [1.54, 1.807) is 11.0 Å². The SMILES string of the molecule is O=C(Cc1c(F)cccc1Cl)N1CC2CCC(C1)N(CC1CC1)C2=O. The van der Waals surface area contributed by atoms with Crippen molar-refractivity contribution in [3.05, 3.63) is 34.6 Å². The molecule has 1 aliphatic carbocycles. The molecule has 3 saturated heterocycles. The van der Waals surface area contributed by atoms with Crippen molar-refractivity contribution in [1.82, 2.24) is 9.80 Å². The van der Waals surface area contributed by atoms with Gasteiger partial charge in [0.1, 0.15) is 5.82 Å². The fourth-order valence-electron chi connectivity index (χ4n) is 4.03. The van der Waals surface area contributed by atoms with Gasteiger partial charge in [-0.25, -0.2) is 4.39 Å². The molecule has 0 aromatic heterocycles. The highest BCUT2D eigenvalue weighted by Crippen LogP contribution is 2.35. The van der Waals surface area contributed by atoms with Gasteiger partial charge < -0.3 is 9.80 Å². The number of hydrogen-bond acceptors (Lipinski definition) is 2. The van der Waals surface area contributed by atoms with Crippen LogP contribution in [0.15, 0.2) is 18.2 Å². The largest absolute Gasteiger partial charge is 0.340 e. The van der Waals surface area contributed by atoms with E-state index in [0.29, 0.717) is 19.0 Å². The van der Waals surface area contributed by atoms with Crippen molar-refractivity contribution >= 4 is 23.4 Å². The standard InChI is InChI=1S/C19H22ClFN2O2/c20-16-2-1-3-17(21)15(16)8-18(24)22-10-13-6-7-14(11-22)23(19(13)25)9-12-4-5-12/h1-3,12-14H,4-11H2. The lowest BCUT2D eigenvalue weighted by atomic mass is 9.94. The molecule has 1 aromatic rings. The van der Waals surface area contributed by atoms with Crippen molar-refractivity contribution in [3.8, 4) is 0 Å². The highest BCUT2D eigenvalue weighted by atomic mass is 35.5. The number of fused-ring (bicyclic) bond motifs is 4. The number of hydrogen-bond donors (Lipinski definition) is 0. The Hall–Kier alpha value is -1.62. The van der Waals surface area contributed by atoms with Crippen LogP contribution in [-0.4, -0.2) is 47.3 Å². The lowest BCUT2D eigenvalue weighted by molar-refractivity contribution is -0.140. The highest BCUT2D eigenvalue weighted by molar-refractivity contribution is 6.31. The second-order valence-corrected chi connectivity index (χ2v) is 7.94. The number of amides is 2. The van der Waals surface area contributed by atoms with E-state index in [1.807, 2.05) is 4.90 Å². The van der Waals surface area contributed by atoms with Crippen molar-refractivity contribution in [2.75, 3.05) is 19.6 Å². The summed E-state index contributed by atoms with van der Waals surface area (Å²) in [6, 6.07) is 4.56. The van der Waals surface area contributed by atoms with Crippen molar-refractivity contribution in [1.29, 1.82) is 0 Å². The summed E-state index contributed by atoms with van der Waals surface area (Å²) in [5, 5.41) is 0.276. The maximum Gasteiger partial charge on any atom is 0.227 e. The predicted octanol–water partition coefficient (Wildman–Crippen LogP) is 2.88. The molecule has 4 aliphatic rings. The molecule has 0 N–H and O–H groups in total. The van der Waals surface area contributed by atoms with Crippen LogP contribution in [0.2, 0.25) is 5.02 Å². The summed E-state index contributed by atoms with van der Waals surface area (Å²) in [4.78, 5) is 29.2. The van der Waals surface area contributed by atoms with Crippen LogP contribution in [0.3, 0.4) is 0 Å². The van der Waals surface area contributed by atoms with E-state index < -0.39 is 5.82 Å². The molecule has 0 radical (unpaired) electrons. The van der Waals surface area contributed by atoms with E-state index >= 15 is 0 Å². The van der Waals surface area contributed by atoms with E-state index in [2.05, 4.69) is 0 Å². The Morgan fingerprint density at radius 2 is 2.00 bits per heavy atom. The van der Waals surface area contributed by atoms with Crippen LogP contribution in [0.1, 0.15) is 31.2 Å². The molecule has 4 fully saturated rings. The number of rotatable bonds is 4. The lowest BCUT2D eigenvalue weighted by Crippen LogP contribution is -2.48. The van der Waals surface area contributed by atoms with Gasteiger partial charge in [-0.3, -0.25) is 9.59 Å². The molecule has 5 rings (SSSR count). The Balaban J connectivity index is 1.49. The lowest BCUT2D eigenvalue weighted by Gasteiger charge is -2.36. The number of halogens is 2. The molecule has 1 aromatic carbocycles. The van der Waals surface area contributed by atoms with Crippen LogP contribution in [0.25, 0.3) is 0 Å². The minimum atomic E-state index is -0.454. The Morgan fingerprint density at radius 1 is 1.20 bits per heavy atom. The van der Waals surface area contributed by atoms with Gasteiger partial charge in [-0.05, 0) is 43.7 Å². The summed E-state index contributed by atoms with van der Waals surface area (Å²) in [6.07, 6.45) is 4.15. The van der Waals surface area contributed by atoms with Crippen molar-refractivity contribution in [2.45, 2.75) is 38.1 Å². The van der Waals surface area contributed by atoms with Gasteiger partial charge in [0.25, 0.3) is 0 Å². The number of nitrogens with zero attached hydrogens (tertiary/aromatic N) is 2. The molecular formula is C19H22ClFN2O2. The number of benzene rings is 1. The Kier molecular flexibility index (Phi) is 4.44. The summed E-state index contributed by atoms with van der Waals surface area (Å²) in [5.41, 5.74) is 0.243. The van der Waals surface area contributed by atoms with E-state index in [1.165, 1.54) is 25.0 Å². The number of carbonyl (C=O) groups is 2. The fraction of sp³-hybridized carbons (Fsp3) is 0.579. The molecule has 0 spiro atoms. The zero-order valence-electron chi connectivity index (χ0n) is 14.1. The minimum Gasteiger partial charge on any atom is -0.340 e. The van der Waals surface area contributed by atoms with Crippen molar-refractivity contribution in [3.63, 3.8) is 0 Å². The van der Waals surface area contributed by atoms with Gasteiger partial charge >= 0.3 is 0 Å². The second kappa shape index (κ2) is 6.60. The zero-order valence-corrected chi connectivity index (χ0v) is 14.8. The van der Waals surface area contributed by atoms with Crippen molar-refractivity contribution in [2.24, 2.45) is 11.8 Å². The highest BCUT2D eigenvalue weighted by Gasteiger charge is 2.43. The molecule has 1 saturated carbocycles. The zero-order chi connectivity index (χ0) is 17.6. The van der Waals surface area contributed by atoms with E-state index in [0.717, 1.165) is 19.4 Å². The third kappa shape index (κ3) is 3.39. The normalized spacial score (nSPS) is 26.1. The molecule has 4 nitrogen and oxygen atoms in total. The van der Waals surface area contributed by atoms with Gasteiger partial charge in [0.2, 0.25) is 11.8 Å². The molecule has 2 amide bonds. The quantitative estimate of drug-likeness (QED) is 0.824. The third-order valence-electron chi connectivity index (χ3n) is 5.69. The Bertz CT molecular complexity index is 686. The molecule has 2 unspecified atom stereocenters. The third-order valence-corrected chi connectivity index (χ3v) is 6.04. The van der Waals surface area contributed by atoms with Gasteiger partial charge in [0.05, 0.1) is 12.3 Å². The smallest absolute Gasteiger partial charge is 0.227 e. The van der Waals surface area contributed by atoms with Gasteiger partial charge in [-0.2, -0.15) is 0 Å². The first-order valence-electron chi connectivity index (χ1n) is 9.04. The Labute approximate surface area is 151 Å². The first-order valence-corrected chi connectivity index (χ1v) is 9.42. The van der Waals surface area contributed by atoms with E-state index in [4.69, 9.17) is 11.6 Å². The summed E-state index contributed by atoms with van der Waals surface area (Å²) in [6.45, 7) is 1.84. The van der Waals surface area contributed by atoms with Crippen LogP contribution < -0.4 is 0 Å². The topological polar surface area (TPSA) is 40.6 Å². The van der Waals surface area contributed by atoms with Crippen LogP contribution >= 0.6 is 11.6 Å². The average Bonchev–Trinajstić information content (AvgIpc) is 3.41. The maximum absolute atomic E-state index is 14.0. The predicted molar refractivity (Wildman–Crippen MR) is 92.6 cm³/mol. The molecule has 2 atom stereocenters. The molecule has 3 aliphatic heterocycles. The molecule has 6 heteroatoms. The Morgan fingerprint density at radius 3 is 2.72 bits per heavy atom. The summed E-state index contributed by atoms with van der Waals surface area (Å²) in [7, 11) is 0. The number of piperidine rings is 1. The van der Waals surface area contributed by atoms with Gasteiger partial charge in [-0.1, -0.05) is 17.7 Å². The van der Waals surface area contributed by atoms with Crippen LogP contribution in [0.4, 0.5) is 4.39 Å². The summed E-state index contributed by atoms with van der Waals surface area (Å²) >= 11 is 6.05. The summed E-state index contributed by atoms with van der Waals surface area (Å²) in [5.74, 6) is 0.125. The minimum absolute atomic E-state index is 0.0538. The van der Waals surface area contributed by atoms with E-state index in [9.17, 15) is 14.0 Å². The monoisotopic (exact) mass is 364 g/mol. The van der Waals surface area contributed by atoms with Gasteiger partial charge in [0.15, 0.2) is 0 Å². The van der Waals surface area contributed by atoms with Crippen LogP contribution in [0, 0.1) is 17.7 Å². The van der Waals surface area contributed by atoms with Crippen molar-refractivity contribution < 1.29 is 14.0 Å². The fourth-order valence-corrected chi connectivity index (χ4v) is 4.26. The average molecular weight is 365 g/mol. The van der Waals surface area contributed by atoms with Gasteiger partial charge in [-0.15, -0.1) is 0 Å². The molecule has 2 bridgehead atoms. The molecule has 3 heterocycles. The summed E-state index contributed by atoms with van der Waals surface area (Å²) < 4.78 is 14.0. The number of carbonyl (C=O) groups excluding carboxylic acids is 2. The van der Waals surface area contributed by atoms with Gasteiger partial charge in [0, 0.05) is 36.3 Å². The van der Waals surface area contributed by atoms with E-state index in [-0.39, 0.29) is 40.8 Å². The maximum atomic E-state index is 14.0. The molecule has 25 heavy (non-hydrogen) atoms. The second-order valence-electron chi connectivity index (χ2n) is 7.54. The first kappa shape index (κ1) is 16.8.